The highest BCUT2D eigenvalue weighted by molar-refractivity contribution is 7.19. The van der Waals surface area contributed by atoms with Crippen LogP contribution in [0.25, 0.3) is 59.5 Å². The molecule has 1 aliphatic heterocycles. The summed E-state index contributed by atoms with van der Waals surface area (Å²) in [6.07, 6.45) is 24.4. The lowest BCUT2D eigenvalue weighted by Crippen LogP contribution is -2.11. The first kappa shape index (κ1) is 80.3. The maximum absolute atomic E-state index is 5.26. The normalized spacial score (nSPS) is 11.6. The van der Waals surface area contributed by atoms with E-state index in [0.29, 0.717) is 5.89 Å². The van der Waals surface area contributed by atoms with Crippen molar-refractivity contribution in [2.24, 2.45) is 9.98 Å². The summed E-state index contributed by atoms with van der Waals surface area (Å²) in [5.74, 6) is 2.93. The third-order valence-corrected chi connectivity index (χ3v) is 19.1. The van der Waals surface area contributed by atoms with E-state index >= 15 is 0 Å². The third kappa shape index (κ3) is 27.0. The maximum Gasteiger partial charge on any atom is 0.213 e. The monoisotopic (exact) mass is 1520 g/mol. The van der Waals surface area contributed by atoms with E-state index in [9.17, 15) is 0 Å². The summed E-state index contributed by atoms with van der Waals surface area (Å²) < 4.78 is 23.7. The van der Waals surface area contributed by atoms with Gasteiger partial charge < -0.3 is 26.6 Å². The van der Waals surface area contributed by atoms with Gasteiger partial charge in [0.05, 0.1) is 37.8 Å². The van der Waals surface area contributed by atoms with Crippen molar-refractivity contribution >= 4 is 111 Å². The molecule has 13 aromatic heterocycles. The van der Waals surface area contributed by atoms with Crippen molar-refractivity contribution in [2.45, 2.75) is 89.1 Å². The van der Waals surface area contributed by atoms with E-state index in [1.807, 2.05) is 147 Å². The van der Waals surface area contributed by atoms with Crippen molar-refractivity contribution in [3.63, 3.8) is 0 Å². The molecular formula is C86H86N14O3S5. The molecule has 0 amide bonds. The fourth-order valence-corrected chi connectivity index (χ4v) is 13.3. The first-order valence-corrected chi connectivity index (χ1v) is 38.7. The first-order chi connectivity index (χ1) is 52.5. The van der Waals surface area contributed by atoms with Gasteiger partial charge in [-0.25, -0.2) is 24.9 Å². The molecule has 0 saturated heterocycles. The Bertz CT molecular complexity index is 4860. The van der Waals surface area contributed by atoms with E-state index in [-0.39, 0.29) is 6.04 Å². The molecule has 14 heterocycles. The number of fused-ring (bicyclic) bond motifs is 6. The van der Waals surface area contributed by atoms with Crippen molar-refractivity contribution in [3.05, 3.63) is 356 Å². The molecular weight excluding hydrogens is 1440 g/mol. The second-order valence-electron chi connectivity index (χ2n) is 23.8. The molecule has 0 radical (unpaired) electrons. The van der Waals surface area contributed by atoms with Crippen molar-refractivity contribution in [1.29, 1.82) is 0 Å². The number of para-hydroxylation sites is 4. The van der Waals surface area contributed by atoms with Crippen LogP contribution in [0.4, 0.5) is 0 Å². The van der Waals surface area contributed by atoms with Gasteiger partial charge in [0.15, 0.2) is 17.4 Å². The van der Waals surface area contributed by atoms with Gasteiger partial charge in [0, 0.05) is 94.7 Å². The number of oxazole rings is 2. The van der Waals surface area contributed by atoms with Crippen LogP contribution in [0.3, 0.4) is 0 Å². The number of benzene rings is 5. The van der Waals surface area contributed by atoms with Crippen LogP contribution in [-0.2, 0) is 0 Å². The smallest absolute Gasteiger partial charge is 0.213 e. The van der Waals surface area contributed by atoms with Gasteiger partial charge in [0.1, 0.15) is 39.8 Å². The van der Waals surface area contributed by atoms with Crippen molar-refractivity contribution in [3.8, 4) is 16.9 Å². The molecule has 18 aromatic rings. The zero-order valence-corrected chi connectivity index (χ0v) is 66.5. The minimum atomic E-state index is 0.213. The summed E-state index contributed by atoms with van der Waals surface area (Å²) in [5, 5.41) is 22.9. The van der Waals surface area contributed by atoms with Crippen LogP contribution in [-0.4, -0.2) is 76.3 Å². The van der Waals surface area contributed by atoms with Gasteiger partial charge in [-0.1, -0.05) is 121 Å². The van der Waals surface area contributed by atoms with Gasteiger partial charge >= 0.3 is 0 Å². The van der Waals surface area contributed by atoms with E-state index in [1.54, 1.807) is 89.6 Å². The SMILES string of the molecule is CC1=NC2C=CC=CC2=N1.Cc1cc2ccccc2s1.Cc1cc2ccccn2c1.Cc1cc2ncccn2c1.Cc1ccc(-c2ccccc2)n1-c1ccccc1.Cc1cccs1.Cc1nc2ccccc2o1.Cc1nc2ccccc2s1.Cc1ncco1.Cc1nccs1.Cc1nnco1.Cc1nncs1. The number of aliphatic imine (C=N–C) groups is 2. The first-order valence-electron chi connectivity index (χ1n) is 34.5. The van der Waals surface area contributed by atoms with E-state index in [2.05, 4.69) is 267 Å². The number of hydrogen-bond acceptors (Lipinski definition) is 19. The second kappa shape index (κ2) is 43.0. The van der Waals surface area contributed by atoms with Crippen LogP contribution in [0.5, 0.6) is 0 Å². The Morgan fingerprint density at radius 2 is 1.19 bits per heavy atom. The van der Waals surface area contributed by atoms with Crippen molar-refractivity contribution in [1.82, 2.24) is 58.7 Å². The standard InChI is InChI=1S/C17H15N.C9H9N.C9H8S.2C8H8N2.C8H7NO.C8H7NS.C5H6S.C4H5NO.C4H5NS.C3H4N2O.C3H4N2S/c1-14-12-13-17(15-8-4-2-5-9-15)18(14)16-10-6-3-7-11-16;1-8-6-9-4-2-3-5-10(9)7-8;1-7-6-8-4-2-3-5-9(8)10-7;1-7-5-8-9-3-2-4-10(8)6-7;3*1-6-9-7-4-2-3-5-8(7)10-6;1-5-3-2-4-6-5;2*1-4-5-2-3-6-4;2*1-3-5-4-2-6-3/h2-13H,1H3;2-7H,1H3;2*2-6H,1H3;2-5,7H,1H3;2*2-5H,1H3;2-4H,1H3;2*2-3H,1H3;2*2H,1H3. The Morgan fingerprint density at radius 3 is 1.78 bits per heavy atom. The van der Waals surface area contributed by atoms with Crippen LogP contribution < -0.4 is 0 Å². The van der Waals surface area contributed by atoms with Crippen LogP contribution >= 0.6 is 56.7 Å². The number of thiophene rings is 2. The molecule has 17 nitrogen and oxygen atoms in total. The van der Waals surface area contributed by atoms with Crippen LogP contribution in [0, 0.1) is 76.2 Å². The van der Waals surface area contributed by atoms with Gasteiger partial charge in [0.25, 0.3) is 0 Å². The number of aryl methyl sites for hydroxylation is 11. The maximum atomic E-state index is 5.26. The zero-order chi connectivity index (χ0) is 76.2. The minimum Gasteiger partial charge on any atom is -0.449 e. The molecule has 1 unspecified atom stereocenters. The Morgan fingerprint density at radius 1 is 0.472 bits per heavy atom. The molecule has 2 aliphatic rings. The average molecular weight is 1520 g/mol. The summed E-state index contributed by atoms with van der Waals surface area (Å²) in [6.45, 7) is 23.8. The number of pyridine rings is 1. The summed E-state index contributed by atoms with van der Waals surface area (Å²) >= 11 is 8.59. The number of allylic oxidation sites excluding steroid dienone is 2. The Labute approximate surface area is 650 Å². The van der Waals surface area contributed by atoms with Crippen LogP contribution in [0.1, 0.15) is 66.2 Å². The molecule has 0 spiro atoms. The number of aromatic nitrogens is 12. The Balaban J connectivity index is 0.000000138. The lowest BCUT2D eigenvalue weighted by atomic mass is 10.1. The molecule has 20 rings (SSSR count). The molecule has 5 aromatic carbocycles. The summed E-state index contributed by atoms with van der Waals surface area (Å²) in [7, 11) is 0. The van der Waals surface area contributed by atoms with Gasteiger partial charge in [-0.2, -0.15) is 0 Å². The van der Waals surface area contributed by atoms with Gasteiger partial charge in [0.2, 0.25) is 12.3 Å². The Hall–Kier alpha value is -11.8. The molecule has 0 N–H and O–H groups in total. The molecule has 22 heteroatoms. The van der Waals surface area contributed by atoms with Gasteiger partial charge in [-0.05, 0) is 193 Å². The molecule has 548 valence electrons. The summed E-state index contributed by atoms with van der Waals surface area (Å²) in [4.78, 5) is 31.6. The number of amidine groups is 1. The highest BCUT2D eigenvalue weighted by atomic mass is 32.1. The number of nitrogens with zero attached hydrogens (tertiary/aromatic N) is 14. The van der Waals surface area contributed by atoms with Gasteiger partial charge in [-0.15, -0.1) is 77.1 Å². The quantitative estimate of drug-likeness (QED) is 0.159. The van der Waals surface area contributed by atoms with E-state index in [0.717, 1.165) is 60.6 Å². The largest absolute Gasteiger partial charge is 0.449 e. The average Bonchev–Trinajstić information content (AvgIpc) is 1.64. The highest BCUT2D eigenvalue weighted by Crippen LogP contribution is 2.27. The lowest BCUT2D eigenvalue weighted by molar-refractivity contribution is 0.518. The fourth-order valence-electron chi connectivity index (χ4n) is 10.2. The topological polar surface area (TPSA) is 194 Å². The fraction of sp³-hybridized carbons (Fsp3) is 0.151. The van der Waals surface area contributed by atoms with Crippen molar-refractivity contribution in [2.75, 3.05) is 0 Å². The predicted molar refractivity (Wildman–Crippen MR) is 451 cm³/mol. The molecule has 0 fully saturated rings. The molecule has 108 heavy (non-hydrogen) atoms. The molecule has 1 atom stereocenters. The zero-order valence-electron chi connectivity index (χ0n) is 62.4. The molecule has 0 saturated carbocycles. The number of rotatable bonds is 2. The van der Waals surface area contributed by atoms with E-state index in [1.165, 1.54) is 70.2 Å². The van der Waals surface area contributed by atoms with E-state index < -0.39 is 0 Å². The summed E-state index contributed by atoms with van der Waals surface area (Å²) in [5.41, 5.74) is 15.5. The van der Waals surface area contributed by atoms with E-state index in [4.69, 9.17) is 8.83 Å². The Kier molecular flexibility index (Phi) is 32.0. The van der Waals surface area contributed by atoms with Crippen LogP contribution in [0.2, 0.25) is 0 Å². The minimum absolute atomic E-state index is 0.213. The molecule has 0 bridgehead atoms. The van der Waals surface area contributed by atoms with Gasteiger partial charge in [-0.3, -0.25) is 9.98 Å². The molecule has 1 aliphatic carbocycles. The second-order valence-corrected chi connectivity index (χ2v) is 29.6. The number of hydrogen-bond donors (Lipinski definition) is 0. The predicted octanol–water partition coefficient (Wildman–Crippen LogP) is 23.4. The number of thiazole rings is 2. The highest BCUT2D eigenvalue weighted by Gasteiger charge is 2.16. The van der Waals surface area contributed by atoms with Crippen LogP contribution in [0.15, 0.2) is 320 Å². The third-order valence-electron chi connectivity index (χ3n) is 15.0. The van der Waals surface area contributed by atoms with Crippen molar-refractivity contribution < 1.29 is 13.3 Å². The summed E-state index contributed by atoms with van der Waals surface area (Å²) in [6, 6.07) is 68.6. The lowest BCUT2D eigenvalue weighted by Gasteiger charge is -2.11.